The number of hydrogen-bond acceptors (Lipinski definition) is 6. The van der Waals surface area contributed by atoms with Crippen LogP contribution in [0.4, 0.5) is 9.59 Å². The van der Waals surface area contributed by atoms with Crippen LogP contribution in [0.3, 0.4) is 0 Å². The number of carboxylic acid groups (broad SMARTS) is 2. The second kappa shape index (κ2) is 17.4. The summed E-state index contributed by atoms with van der Waals surface area (Å²) in [5, 5.41) is 19.7. The lowest BCUT2D eigenvalue weighted by Crippen LogP contribution is -2.45. The summed E-state index contributed by atoms with van der Waals surface area (Å²) in [4.78, 5) is 74.7. The maximum Gasteiger partial charge on any atom is 0.407 e. The number of likely N-dealkylation sites (N-methyl/N-ethyl adjacent to an activating group) is 2. The molecule has 14 heteroatoms. The van der Waals surface area contributed by atoms with Crippen LogP contribution < -0.4 is 0 Å². The zero-order valence-electron chi connectivity index (χ0n) is 35.1. The second-order valence-corrected chi connectivity index (χ2v) is 16.3. The van der Waals surface area contributed by atoms with Gasteiger partial charge in [-0.05, 0) is 61.8 Å². The summed E-state index contributed by atoms with van der Waals surface area (Å²) in [6.45, 7) is 3.98. The Labute approximate surface area is 359 Å². The molecule has 62 heavy (non-hydrogen) atoms. The minimum absolute atomic E-state index is 0.0972. The Hall–Kier alpha value is -7.22. The molecule has 14 nitrogen and oxygen atoms in total. The van der Waals surface area contributed by atoms with Gasteiger partial charge < -0.3 is 30.0 Å². The lowest BCUT2D eigenvalue weighted by atomic mass is 10.0. The number of H-pyrrole nitrogens is 2. The van der Waals surface area contributed by atoms with Crippen molar-refractivity contribution in [3.8, 4) is 33.6 Å². The highest BCUT2D eigenvalue weighted by Gasteiger charge is 2.44. The number of likely N-dealkylation sites (tertiary alicyclic amines) is 2. The third kappa shape index (κ3) is 8.03. The van der Waals surface area contributed by atoms with Crippen LogP contribution in [0.5, 0.6) is 0 Å². The van der Waals surface area contributed by atoms with Crippen LogP contribution in [0.2, 0.25) is 0 Å². The third-order valence-corrected chi connectivity index (χ3v) is 12.4. The van der Waals surface area contributed by atoms with Gasteiger partial charge in [0.25, 0.3) is 11.8 Å². The first kappa shape index (κ1) is 41.5. The molecule has 0 spiro atoms. The molecule has 4 amide bonds. The third-order valence-electron chi connectivity index (χ3n) is 12.4. The first-order chi connectivity index (χ1) is 29.9. The zero-order valence-corrected chi connectivity index (χ0v) is 35.1. The monoisotopic (exact) mass is 834 g/mol. The topological polar surface area (TPSA) is 179 Å². The SMILES string of the molecule is C[C@H]1CC[C@@H](c2nc(-c3ccc(-c4ccc(-c5c[nH]c([C@@H]6CC[C@H](C)N6C(=O)[C@@H](c6ccccc6)N(C)C(=O)O)n5)cc4)cc3)c[nH]2)N1C(=O)[C@@H](c1ccccc1)N(C)C(=O)O. The van der Waals surface area contributed by atoms with Gasteiger partial charge in [0.2, 0.25) is 0 Å². The molecule has 0 unspecified atom stereocenters. The van der Waals surface area contributed by atoms with Crippen LogP contribution in [0.15, 0.2) is 122 Å². The van der Waals surface area contributed by atoms with E-state index < -0.39 is 24.3 Å². The van der Waals surface area contributed by atoms with Crippen molar-refractivity contribution in [2.45, 2.75) is 75.8 Å². The summed E-state index contributed by atoms with van der Waals surface area (Å²) in [6, 6.07) is 31.4. The average molecular weight is 835 g/mol. The molecule has 6 atom stereocenters. The van der Waals surface area contributed by atoms with Crippen molar-refractivity contribution in [2.75, 3.05) is 14.1 Å². The predicted molar refractivity (Wildman–Crippen MR) is 234 cm³/mol. The van der Waals surface area contributed by atoms with Crippen molar-refractivity contribution in [3.05, 3.63) is 144 Å². The van der Waals surface area contributed by atoms with Crippen LogP contribution in [0.1, 0.15) is 86.5 Å². The molecule has 2 saturated heterocycles. The number of amides is 4. The van der Waals surface area contributed by atoms with Crippen molar-refractivity contribution >= 4 is 24.0 Å². The molecular formula is C48H50N8O6. The average Bonchev–Trinajstić information content (AvgIpc) is 4.12. The lowest BCUT2D eigenvalue weighted by molar-refractivity contribution is -0.140. The minimum atomic E-state index is -1.18. The van der Waals surface area contributed by atoms with Crippen LogP contribution in [0, 0.1) is 0 Å². The summed E-state index contributed by atoms with van der Waals surface area (Å²) in [5.41, 5.74) is 6.57. The maximum atomic E-state index is 14.2. The Bertz CT molecular complexity index is 2360. The Kier molecular flexibility index (Phi) is 11.7. The van der Waals surface area contributed by atoms with Gasteiger partial charge in [-0.2, -0.15) is 0 Å². The van der Waals surface area contributed by atoms with Gasteiger partial charge in [-0.3, -0.25) is 19.4 Å². The van der Waals surface area contributed by atoms with Gasteiger partial charge in [0.1, 0.15) is 23.7 Å². The molecule has 2 aromatic heterocycles. The Morgan fingerprint density at radius 1 is 0.548 bits per heavy atom. The van der Waals surface area contributed by atoms with Crippen LogP contribution >= 0.6 is 0 Å². The van der Waals surface area contributed by atoms with E-state index in [1.54, 1.807) is 58.3 Å². The van der Waals surface area contributed by atoms with Gasteiger partial charge >= 0.3 is 12.2 Å². The van der Waals surface area contributed by atoms with E-state index in [-0.39, 0.29) is 36.0 Å². The van der Waals surface area contributed by atoms with Crippen molar-refractivity contribution in [2.24, 2.45) is 0 Å². The van der Waals surface area contributed by atoms with E-state index in [9.17, 15) is 29.4 Å². The van der Waals surface area contributed by atoms with Crippen LogP contribution in [-0.2, 0) is 9.59 Å². The number of imidazole rings is 2. The first-order valence-electron chi connectivity index (χ1n) is 20.9. The molecule has 0 aliphatic carbocycles. The van der Waals surface area contributed by atoms with Crippen molar-refractivity contribution in [1.29, 1.82) is 0 Å². The highest BCUT2D eigenvalue weighted by Crippen LogP contribution is 2.41. The molecule has 0 radical (unpaired) electrons. The molecule has 4 N–H and O–H groups in total. The molecule has 6 aromatic rings. The summed E-state index contributed by atoms with van der Waals surface area (Å²) in [6.07, 6.45) is 4.27. The second-order valence-electron chi connectivity index (χ2n) is 16.3. The van der Waals surface area contributed by atoms with E-state index in [0.29, 0.717) is 35.6 Å². The standard InChI is InChI=1S/C48H50N8O6/c1-29-15-25-39(55(29)45(57)41(53(3)47(59)60)35-11-7-5-8-12-35)43-49-27-37(51-43)33-21-17-31(18-22-33)32-19-23-34(24-20-32)38-28-50-44(52-38)40-26-16-30(2)56(40)46(58)42(54(4)48(61)62)36-13-9-6-10-14-36/h5-14,17-24,27-30,39-42H,15-16,25-26H2,1-4H3,(H,49,51)(H,50,52)(H,59,60)(H,61,62)/t29-,30-,39-,40-,41+,42+/m0/s1. The van der Waals surface area contributed by atoms with Crippen molar-refractivity contribution < 1.29 is 29.4 Å². The Balaban J connectivity index is 0.956. The van der Waals surface area contributed by atoms with Gasteiger partial charge in [-0.15, -0.1) is 0 Å². The van der Waals surface area contributed by atoms with E-state index in [0.717, 1.165) is 56.3 Å². The number of rotatable bonds is 11. The van der Waals surface area contributed by atoms with E-state index in [4.69, 9.17) is 9.97 Å². The minimum Gasteiger partial charge on any atom is -0.465 e. The van der Waals surface area contributed by atoms with E-state index >= 15 is 0 Å². The largest absolute Gasteiger partial charge is 0.465 e. The number of hydrogen-bond donors (Lipinski definition) is 4. The molecular weight excluding hydrogens is 785 g/mol. The molecule has 4 aromatic carbocycles. The van der Waals surface area contributed by atoms with Gasteiger partial charge in [-0.25, -0.2) is 19.6 Å². The van der Waals surface area contributed by atoms with Crippen molar-refractivity contribution in [1.82, 2.24) is 39.5 Å². The fourth-order valence-corrected chi connectivity index (χ4v) is 9.06. The van der Waals surface area contributed by atoms with Crippen LogP contribution in [-0.4, -0.2) is 99.9 Å². The summed E-state index contributed by atoms with van der Waals surface area (Å²) in [7, 11) is 2.86. The Morgan fingerprint density at radius 3 is 1.23 bits per heavy atom. The molecule has 2 fully saturated rings. The lowest BCUT2D eigenvalue weighted by Gasteiger charge is -2.34. The fourth-order valence-electron chi connectivity index (χ4n) is 9.06. The van der Waals surface area contributed by atoms with E-state index in [1.165, 1.54) is 14.1 Å². The van der Waals surface area contributed by atoms with E-state index in [2.05, 4.69) is 9.97 Å². The first-order valence-corrected chi connectivity index (χ1v) is 20.9. The molecule has 2 aliphatic heterocycles. The highest BCUT2D eigenvalue weighted by atomic mass is 16.4. The number of aromatic amines is 2. The quantitative estimate of drug-likeness (QED) is 0.0999. The number of aromatic nitrogens is 4. The van der Waals surface area contributed by atoms with Crippen LogP contribution in [0.25, 0.3) is 33.6 Å². The molecule has 2 aliphatic rings. The fraction of sp³-hybridized carbons (Fsp3) is 0.292. The smallest absolute Gasteiger partial charge is 0.407 e. The molecule has 0 bridgehead atoms. The van der Waals surface area contributed by atoms with Crippen molar-refractivity contribution in [3.63, 3.8) is 0 Å². The van der Waals surface area contributed by atoms with Gasteiger partial charge in [0.15, 0.2) is 0 Å². The molecule has 0 saturated carbocycles. The molecule has 8 rings (SSSR count). The molecule has 4 heterocycles. The summed E-state index contributed by atoms with van der Waals surface area (Å²) < 4.78 is 0. The number of benzene rings is 4. The molecule has 318 valence electrons. The van der Waals surface area contributed by atoms with Gasteiger partial charge in [0.05, 0.1) is 23.5 Å². The Morgan fingerprint density at radius 2 is 0.887 bits per heavy atom. The normalized spacial score (nSPS) is 19.5. The number of carbonyl (C=O) groups excluding carboxylic acids is 2. The summed E-state index contributed by atoms with van der Waals surface area (Å²) >= 11 is 0. The number of nitrogens with one attached hydrogen (secondary N) is 2. The van der Waals surface area contributed by atoms with Gasteiger partial charge in [-0.1, -0.05) is 109 Å². The predicted octanol–water partition coefficient (Wildman–Crippen LogP) is 8.94. The van der Waals surface area contributed by atoms with E-state index in [1.807, 2.05) is 86.9 Å². The number of nitrogens with zero attached hydrogens (tertiary/aromatic N) is 6. The highest BCUT2D eigenvalue weighted by molar-refractivity contribution is 5.88. The summed E-state index contributed by atoms with van der Waals surface area (Å²) in [5.74, 6) is 0.762. The zero-order chi connectivity index (χ0) is 43.7. The van der Waals surface area contributed by atoms with Gasteiger partial charge in [0, 0.05) is 49.7 Å². The maximum absolute atomic E-state index is 14.2. The number of carbonyl (C=O) groups is 4.